The molecule has 1 N–H and O–H groups in total. The van der Waals surface area contributed by atoms with Crippen LogP contribution in [0.2, 0.25) is 0 Å². The summed E-state index contributed by atoms with van der Waals surface area (Å²) in [5, 5.41) is 14.4. The number of phenols is 1. The van der Waals surface area contributed by atoms with E-state index in [-0.39, 0.29) is 5.75 Å². The van der Waals surface area contributed by atoms with Gasteiger partial charge in [-0.15, -0.1) is 0 Å². The Kier molecular flexibility index (Phi) is 2.80. The molecule has 0 aliphatic heterocycles. The van der Waals surface area contributed by atoms with Crippen LogP contribution in [0.25, 0.3) is 22.5 Å². The first kappa shape index (κ1) is 11.5. The minimum atomic E-state index is 0.269. The highest BCUT2D eigenvalue weighted by atomic mass is 16.3. The van der Waals surface area contributed by atoms with Crippen molar-refractivity contribution in [2.24, 2.45) is 7.05 Å². The van der Waals surface area contributed by atoms with Gasteiger partial charge in [0.2, 0.25) is 0 Å². The van der Waals surface area contributed by atoms with Gasteiger partial charge >= 0.3 is 0 Å². The standard InChI is InChI=1S/C16H14N2O/c1-18-15(13-9-5-6-10-16(13)19)11-14(17-18)12-7-3-2-4-8-12/h2-11,19H,1H3. The zero-order valence-corrected chi connectivity index (χ0v) is 10.6. The van der Waals surface area contributed by atoms with Gasteiger partial charge < -0.3 is 5.11 Å². The summed E-state index contributed by atoms with van der Waals surface area (Å²) in [5.74, 6) is 0.269. The molecule has 0 saturated heterocycles. The lowest BCUT2D eigenvalue weighted by molar-refractivity contribution is 0.476. The number of aryl methyl sites for hydroxylation is 1. The summed E-state index contributed by atoms with van der Waals surface area (Å²) in [6.07, 6.45) is 0. The van der Waals surface area contributed by atoms with Crippen molar-refractivity contribution in [3.8, 4) is 28.3 Å². The van der Waals surface area contributed by atoms with Gasteiger partial charge in [-0.05, 0) is 18.2 Å². The molecule has 3 nitrogen and oxygen atoms in total. The zero-order valence-electron chi connectivity index (χ0n) is 10.6. The first-order valence-corrected chi connectivity index (χ1v) is 6.13. The van der Waals surface area contributed by atoms with Crippen molar-refractivity contribution < 1.29 is 5.11 Å². The molecule has 2 aromatic carbocycles. The molecular formula is C16H14N2O. The van der Waals surface area contributed by atoms with E-state index in [4.69, 9.17) is 0 Å². The lowest BCUT2D eigenvalue weighted by atomic mass is 10.1. The van der Waals surface area contributed by atoms with E-state index in [1.54, 1.807) is 10.7 Å². The van der Waals surface area contributed by atoms with Gasteiger partial charge in [-0.3, -0.25) is 4.68 Å². The number of phenolic OH excluding ortho intramolecular Hbond substituents is 1. The second kappa shape index (κ2) is 4.61. The minimum absolute atomic E-state index is 0.269. The monoisotopic (exact) mass is 250 g/mol. The number of aromatic hydroxyl groups is 1. The second-order valence-corrected chi connectivity index (χ2v) is 4.42. The lowest BCUT2D eigenvalue weighted by Gasteiger charge is -2.03. The Labute approximate surface area is 111 Å². The van der Waals surface area contributed by atoms with Gasteiger partial charge in [0.1, 0.15) is 5.75 Å². The van der Waals surface area contributed by atoms with Crippen LogP contribution in [0.3, 0.4) is 0 Å². The molecule has 0 aliphatic rings. The van der Waals surface area contributed by atoms with E-state index in [9.17, 15) is 5.11 Å². The quantitative estimate of drug-likeness (QED) is 0.756. The minimum Gasteiger partial charge on any atom is -0.507 e. The summed E-state index contributed by atoms with van der Waals surface area (Å²) in [4.78, 5) is 0. The van der Waals surface area contributed by atoms with Gasteiger partial charge in [0.15, 0.2) is 0 Å². The molecule has 0 saturated carbocycles. The first-order valence-electron chi connectivity index (χ1n) is 6.13. The number of para-hydroxylation sites is 1. The number of benzene rings is 2. The summed E-state index contributed by atoms with van der Waals surface area (Å²) in [6.45, 7) is 0. The summed E-state index contributed by atoms with van der Waals surface area (Å²) in [6, 6.07) is 19.3. The fraction of sp³-hybridized carbons (Fsp3) is 0.0625. The van der Waals surface area contributed by atoms with Crippen molar-refractivity contribution in [1.29, 1.82) is 0 Å². The molecule has 1 aromatic heterocycles. The fourth-order valence-electron chi connectivity index (χ4n) is 2.16. The molecule has 0 spiro atoms. The Morgan fingerprint density at radius 2 is 1.63 bits per heavy atom. The average molecular weight is 250 g/mol. The summed E-state index contributed by atoms with van der Waals surface area (Å²) >= 11 is 0. The summed E-state index contributed by atoms with van der Waals surface area (Å²) in [5.41, 5.74) is 3.66. The highest BCUT2D eigenvalue weighted by Gasteiger charge is 2.11. The predicted octanol–water partition coefficient (Wildman–Crippen LogP) is 3.46. The third-order valence-corrected chi connectivity index (χ3v) is 3.13. The largest absolute Gasteiger partial charge is 0.507 e. The highest BCUT2D eigenvalue weighted by Crippen LogP contribution is 2.31. The molecule has 3 rings (SSSR count). The predicted molar refractivity (Wildman–Crippen MR) is 75.7 cm³/mol. The van der Waals surface area contributed by atoms with Crippen LogP contribution < -0.4 is 0 Å². The Morgan fingerprint density at radius 3 is 2.37 bits per heavy atom. The smallest absolute Gasteiger partial charge is 0.124 e. The SMILES string of the molecule is Cn1nc(-c2ccccc2)cc1-c1ccccc1O. The van der Waals surface area contributed by atoms with Crippen molar-refractivity contribution in [3.05, 3.63) is 60.7 Å². The third kappa shape index (κ3) is 2.10. The van der Waals surface area contributed by atoms with Crippen LogP contribution in [0.1, 0.15) is 0 Å². The van der Waals surface area contributed by atoms with E-state index >= 15 is 0 Å². The zero-order chi connectivity index (χ0) is 13.2. The number of rotatable bonds is 2. The van der Waals surface area contributed by atoms with E-state index in [0.717, 1.165) is 22.5 Å². The second-order valence-electron chi connectivity index (χ2n) is 4.42. The number of hydrogen-bond donors (Lipinski definition) is 1. The Bertz CT molecular complexity index is 702. The molecule has 3 heteroatoms. The van der Waals surface area contributed by atoms with Crippen LogP contribution in [0.4, 0.5) is 0 Å². The maximum atomic E-state index is 9.93. The molecule has 0 aliphatic carbocycles. The van der Waals surface area contributed by atoms with E-state index in [0.29, 0.717) is 0 Å². The number of aromatic nitrogens is 2. The maximum Gasteiger partial charge on any atom is 0.124 e. The molecule has 0 amide bonds. The van der Waals surface area contributed by atoms with Crippen LogP contribution in [0.5, 0.6) is 5.75 Å². The van der Waals surface area contributed by atoms with Crippen LogP contribution in [-0.4, -0.2) is 14.9 Å². The van der Waals surface area contributed by atoms with Crippen LogP contribution in [0.15, 0.2) is 60.7 Å². The third-order valence-electron chi connectivity index (χ3n) is 3.13. The van der Waals surface area contributed by atoms with Gasteiger partial charge in [0, 0.05) is 18.2 Å². The maximum absolute atomic E-state index is 9.93. The van der Waals surface area contributed by atoms with Gasteiger partial charge in [-0.2, -0.15) is 5.10 Å². The van der Waals surface area contributed by atoms with Crippen molar-refractivity contribution in [1.82, 2.24) is 9.78 Å². The van der Waals surface area contributed by atoms with Crippen molar-refractivity contribution in [2.45, 2.75) is 0 Å². The fourth-order valence-corrected chi connectivity index (χ4v) is 2.16. The van der Waals surface area contributed by atoms with Crippen molar-refractivity contribution in [3.63, 3.8) is 0 Å². The molecule has 0 fully saturated rings. The molecule has 19 heavy (non-hydrogen) atoms. The molecular weight excluding hydrogens is 236 g/mol. The van der Waals surface area contributed by atoms with Crippen LogP contribution >= 0.6 is 0 Å². The molecule has 0 atom stereocenters. The van der Waals surface area contributed by atoms with E-state index < -0.39 is 0 Å². The van der Waals surface area contributed by atoms with Gasteiger partial charge in [0.25, 0.3) is 0 Å². The van der Waals surface area contributed by atoms with E-state index in [2.05, 4.69) is 5.10 Å². The Balaban J connectivity index is 2.11. The molecule has 0 unspecified atom stereocenters. The van der Waals surface area contributed by atoms with Gasteiger partial charge in [-0.25, -0.2) is 0 Å². The molecule has 0 bridgehead atoms. The van der Waals surface area contributed by atoms with Crippen LogP contribution in [0, 0.1) is 0 Å². The summed E-state index contributed by atoms with van der Waals surface area (Å²) < 4.78 is 1.79. The molecule has 1 heterocycles. The number of nitrogens with zero attached hydrogens (tertiary/aromatic N) is 2. The number of hydrogen-bond acceptors (Lipinski definition) is 2. The normalized spacial score (nSPS) is 10.6. The Hall–Kier alpha value is -2.55. The van der Waals surface area contributed by atoms with Crippen molar-refractivity contribution >= 4 is 0 Å². The van der Waals surface area contributed by atoms with Crippen molar-refractivity contribution in [2.75, 3.05) is 0 Å². The Morgan fingerprint density at radius 1 is 0.947 bits per heavy atom. The lowest BCUT2D eigenvalue weighted by Crippen LogP contribution is -1.93. The summed E-state index contributed by atoms with van der Waals surface area (Å²) in [7, 11) is 1.88. The van der Waals surface area contributed by atoms with Crippen LogP contribution in [-0.2, 0) is 7.05 Å². The van der Waals surface area contributed by atoms with E-state index in [1.807, 2.05) is 61.6 Å². The highest BCUT2D eigenvalue weighted by molar-refractivity contribution is 5.72. The molecule has 0 radical (unpaired) electrons. The average Bonchev–Trinajstić information content (AvgIpc) is 2.82. The van der Waals surface area contributed by atoms with Gasteiger partial charge in [-0.1, -0.05) is 42.5 Å². The topological polar surface area (TPSA) is 38.0 Å². The first-order chi connectivity index (χ1) is 9.25. The molecule has 94 valence electrons. The molecule has 3 aromatic rings. The van der Waals surface area contributed by atoms with E-state index in [1.165, 1.54) is 0 Å². The van der Waals surface area contributed by atoms with Gasteiger partial charge in [0.05, 0.1) is 11.4 Å².